The fourth-order valence-corrected chi connectivity index (χ4v) is 1.69. The molecule has 1 heterocycles. The molecule has 0 atom stereocenters. The molecule has 0 aliphatic heterocycles. The number of nitrogens with one attached hydrogen (secondary N) is 1. The Bertz CT molecular complexity index is 495. The number of hydrogen-bond acceptors (Lipinski definition) is 5. The topological polar surface area (TPSA) is 136 Å². The van der Waals surface area contributed by atoms with Crippen LogP contribution in [0, 0.1) is 5.53 Å². The number of unbranched alkanes of at least 4 members (excludes halogenated alkanes) is 2. The quantitative estimate of drug-likeness (QED) is 0.441. The third kappa shape index (κ3) is 3.80. The van der Waals surface area contributed by atoms with Gasteiger partial charge in [0, 0.05) is 19.0 Å². The lowest BCUT2D eigenvalue weighted by Crippen LogP contribution is -2.00. The normalized spacial score (nSPS) is 10.3. The highest BCUT2D eigenvalue weighted by Gasteiger charge is 2.19. The molecule has 0 spiro atoms. The molecule has 104 valence electrons. The van der Waals surface area contributed by atoms with Crippen LogP contribution in [0.25, 0.3) is 0 Å². The van der Waals surface area contributed by atoms with Crippen LogP contribution in [0.3, 0.4) is 0 Å². The Balaban J connectivity index is 2.59. The van der Waals surface area contributed by atoms with Gasteiger partial charge in [-0.15, -0.1) is 5.11 Å². The molecule has 0 aromatic carbocycles. The van der Waals surface area contributed by atoms with Gasteiger partial charge in [0.05, 0.1) is 0 Å². The van der Waals surface area contributed by atoms with Gasteiger partial charge >= 0.3 is 5.97 Å². The van der Waals surface area contributed by atoms with Gasteiger partial charge in [-0.25, -0.2) is 5.53 Å². The van der Waals surface area contributed by atoms with Crippen LogP contribution in [-0.2, 0) is 11.3 Å². The van der Waals surface area contributed by atoms with Crippen molar-refractivity contribution in [2.75, 3.05) is 0 Å². The van der Waals surface area contributed by atoms with Crippen LogP contribution in [0.15, 0.2) is 11.2 Å². The number of rotatable bonds is 7. The fraction of sp³-hybridized carbons (Fsp3) is 0.455. The predicted molar refractivity (Wildman–Crippen MR) is 63.3 cm³/mol. The van der Waals surface area contributed by atoms with Gasteiger partial charge in [-0.3, -0.25) is 14.2 Å². The maximum Gasteiger partial charge on any atom is 0.303 e. The van der Waals surface area contributed by atoms with Crippen molar-refractivity contribution in [3.8, 4) is 11.8 Å². The van der Waals surface area contributed by atoms with E-state index in [0.717, 1.165) is 10.6 Å². The minimum Gasteiger partial charge on any atom is -0.494 e. The number of aromatic nitrogens is 1. The number of aliphatic carboxylic acids is 1. The number of aromatic hydroxyl groups is 2. The van der Waals surface area contributed by atoms with E-state index in [1.54, 1.807) is 0 Å². The zero-order valence-electron chi connectivity index (χ0n) is 10.2. The van der Waals surface area contributed by atoms with Crippen molar-refractivity contribution in [2.45, 2.75) is 32.2 Å². The van der Waals surface area contributed by atoms with Crippen molar-refractivity contribution in [3.63, 3.8) is 0 Å². The first-order valence-corrected chi connectivity index (χ1v) is 5.72. The summed E-state index contributed by atoms with van der Waals surface area (Å²) in [5, 5.41) is 30.4. The molecule has 8 heteroatoms. The molecule has 0 fully saturated rings. The molecule has 8 nitrogen and oxygen atoms in total. The Kier molecular flexibility index (Phi) is 5.04. The SMILES string of the molecule is N=NC(=O)c1cc(O)n(CCCCCC(=O)O)c1O. The maximum atomic E-state index is 11.1. The molecule has 1 amide bonds. The van der Waals surface area contributed by atoms with Crippen molar-refractivity contribution >= 4 is 11.9 Å². The second-order valence-electron chi connectivity index (χ2n) is 4.01. The van der Waals surface area contributed by atoms with E-state index in [1.165, 1.54) is 0 Å². The monoisotopic (exact) mass is 269 g/mol. The summed E-state index contributed by atoms with van der Waals surface area (Å²) in [6.45, 7) is 0.253. The van der Waals surface area contributed by atoms with E-state index in [2.05, 4.69) is 5.11 Å². The highest BCUT2D eigenvalue weighted by atomic mass is 16.4. The molecule has 1 rings (SSSR count). The first kappa shape index (κ1) is 14.7. The summed E-state index contributed by atoms with van der Waals surface area (Å²) >= 11 is 0. The zero-order chi connectivity index (χ0) is 14.4. The summed E-state index contributed by atoms with van der Waals surface area (Å²) < 4.78 is 1.12. The summed E-state index contributed by atoms with van der Waals surface area (Å²) in [6, 6.07) is 1.05. The Morgan fingerprint density at radius 1 is 1.26 bits per heavy atom. The summed E-state index contributed by atoms with van der Waals surface area (Å²) in [5.41, 5.74) is 6.35. The Labute approximate surface area is 108 Å². The smallest absolute Gasteiger partial charge is 0.303 e. The van der Waals surface area contributed by atoms with Gasteiger partial charge in [0.2, 0.25) is 5.88 Å². The van der Waals surface area contributed by atoms with Crippen LogP contribution < -0.4 is 0 Å². The van der Waals surface area contributed by atoms with E-state index in [0.29, 0.717) is 19.3 Å². The van der Waals surface area contributed by atoms with E-state index >= 15 is 0 Å². The number of nitrogens with zero attached hydrogens (tertiary/aromatic N) is 2. The van der Waals surface area contributed by atoms with Crippen LogP contribution in [0.2, 0.25) is 0 Å². The molecule has 0 unspecified atom stereocenters. The molecular formula is C11H15N3O5. The van der Waals surface area contributed by atoms with Crippen LogP contribution in [0.5, 0.6) is 11.8 Å². The molecule has 19 heavy (non-hydrogen) atoms. The van der Waals surface area contributed by atoms with Crippen molar-refractivity contribution < 1.29 is 24.9 Å². The second kappa shape index (κ2) is 6.53. The van der Waals surface area contributed by atoms with Gasteiger partial charge < -0.3 is 15.3 Å². The first-order chi connectivity index (χ1) is 8.97. The number of carbonyl (C=O) groups excluding carboxylic acids is 1. The second-order valence-corrected chi connectivity index (χ2v) is 4.01. The zero-order valence-corrected chi connectivity index (χ0v) is 10.2. The molecule has 0 radical (unpaired) electrons. The van der Waals surface area contributed by atoms with Gasteiger partial charge in [-0.2, -0.15) is 0 Å². The largest absolute Gasteiger partial charge is 0.494 e. The number of hydrogen-bond donors (Lipinski definition) is 4. The first-order valence-electron chi connectivity index (χ1n) is 5.72. The highest BCUT2D eigenvalue weighted by molar-refractivity contribution is 5.97. The summed E-state index contributed by atoms with van der Waals surface area (Å²) in [5.74, 6) is -2.52. The fourth-order valence-electron chi connectivity index (χ4n) is 1.69. The van der Waals surface area contributed by atoms with Crippen molar-refractivity contribution in [1.29, 1.82) is 5.53 Å². The molecular weight excluding hydrogens is 254 g/mol. The summed E-state index contributed by atoms with van der Waals surface area (Å²) in [4.78, 5) is 21.4. The molecule has 0 saturated heterocycles. The summed E-state index contributed by atoms with van der Waals surface area (Å²) in [7, 11) is 0. The Morgan fingerprint density at radius 3 is 2.53 bits per heavy atom. The average molecular weight is 269 g/mol. The van der Waals surface area contributed by atoms with Gasteiger partial charge in [-0.1, -0.05) is 6.42 Å². The van der Waals surface area contributed by atoms with Crippen molar-refractivity contribution in [1.82, 2.24) is 4.57 Å². The number of carbonyl (C=O) groups is 2. The van der Waals surface area contributed by atoms with Gasteiger partial charge in [0.15, 0.2) is 5.88 Å². The number of carboxylic acids is 1. The van der Waals surface area contributed by atoms with Gasteiger partial charge in [0.1, 0.15) is 5.56 Å². The lowest BCUT2D eigenvalue weighted by atomic mass is 10.2. The Hall–Kier alpha value is -2.38. The third-order valence-corrected chi connectivity index (χ3v) is 2.65. The number of carboxylic acid groups (broad SMARTS) is 1. The van der Waals surface area contributed by atoms with Crippen molar-refractivity contribution in [3.05, 3.63) is 11.6 Å². The van der Waals surface area contributed by atoms with Gasteiger partial charge in [-0.05, 0) is 12.8 Å². The van der Waals surface area contributed by atoms with E-state index < -0.39 is 17.8 Å². The maximum absolute atomic E-state index is 11.1. The molecule has 1 aromatic heterocycles. The standard InChI is InChI=1S/C11H15N3O5/c12-13-10(18)7-6-8(15)14(11(7)19)5-3-1-2-4-9(16)17/h6,12,15,19H,1-5H2,(H,16,17). The van der Waals surface area contributed by atoms with E-state index in [1.807, 2.05) is 0 Å². The lowest BCUT2D eigenvalue weighted by molar-refractivity contribution is -0.137. The molecule has 1 aromatic rings. The lowest BCUT2D eigenvalue weighted by Gasteiger charge is -2.06. The minimum atomic E-state index is -0.933. The molecule has 0 aliphatic rings. The average Bonchev–Trinajstić information content (AvgIpc) is 2.64. The Morgan fingerprint density at radius 2 is 1.95 bits per heavy atom. The number of amides is 1. The van der Waals surface area contributed by atoms with Crippen LogP contribution in [0.1, 0.15) is 36.0 Å². The van der Waals surface area contributed by atoms with E-state index in [-0.39, 0.29) is 24.4 Å². The molecule has 0 saturated carbocycles. The highest BCUT2D eigenvalue weighted by Crippen LogP contribution is 2.28. The molecule has 0 bridgehead atoms. The van der Waals surface area contributed by atoms with E-state index in [4.69, 9.17) is 10.6 Å². The minimum absolute atomic E-state index is 0.0745. The van der Waals surface area contributed by atoms with Crippen molar-refractivity contribution in [2.24, 2.45) is 5.11 Å². The van der Waals surface area contributed by atoms with E-state index in [9.17, 15) is 19.8 Å². The summed E-state index contributed by atoms with van der Waals surface area (Å²) in [6.07, 6.45) is 1.75. The molecule has 4 N–H and O–H groups in total. The van der Waals surface area contributed by atoms with Gasteiger partial charge in [0.25, 0.3) is 5.91 Å². The third-order valence-electron chi connectivity index (χ3n) is 2.65. The predicted octanol–water partition coefficient (Wildman–Crippen LogP) is 1.72. The van der Waals surface area contributed by atoms with Crippen LogP contribution >= 0.6 is 0 Å². The van der Waals surface area contributed by atoms with Crippen LogP contribution in [-0.4, -0.2) is 31.8 Å². The molecule has 0 aliphatic carbocycles. The van der Waals surface area contributed by atoms with Crippen LogP contribution in [0.4, 0.5) is 0 Å².